The Labute approximate surface area is 257 Å². The van der Waals surface area contributed by atoms with Crippen LogP contribution in [0, 0.1) is 0 Å². The molecule has 2 aromatic carbocycles. The van der Waals surface area contributed by atoms with Crippen molar-refractivity contribution in [1.29, 1.82) is 0 Å². The van der Waals surface area contributed by atoms with E-state index in [1.807, 2.05) is 37.8 Å². The van der Waals surface area contributed by atoms with Crippen LogP contribution >= 0.6 is 0 Å². The number of halogens is 4. The summed E-state index contributed by atoms with van der Waals surface area (Å²) < 4.78 is 87.3. The highest BCUT2D eigenvalue weighted by Crippen LogP contribution is 2.45. The number of alkyl halides is 4. The molecule has 0 bridgehead atoms. The number of amides is 1. The number of anilines is 1. The second-order valence-electron chi connectivity index (χ2n) is 13.2. The largest absolute Gasteiger partial charge is 0.497 e. The van der Waals surface area contributed by atoms with Crippen molar-refractivity contribution in [2.45, 2.75) is 62.8 Å². The second-order valence-corrected chi connectivity index (χ2v) is 15.5. The molecule has 3 heterocycles. The van der Waals surface area contributed by atoms with Gasteiger partial charge in [0.25, 0.3) is 5.91 Å². The summed E-state index contributed by atoms with van der Waals surface area (Å²) in [5, 5.41) is 0. The fraction of sp³-hybridized carbons (Fsp3) is 0.594. The monoisotopic (exact) mass is 639 g/mol. The molecular weight excluding hydrogens is 598 g/mol. The Kier molecular flexibility index (Phi) is 8.74. The molecular formula is C32H41F4N3O4S. The molecule has 2 aromatic rings. The number of piperidine rings is 1. The lowest BCUT2D eigenvalue weighted by Gasteiger charge is -2.39. The number of methoxy groups -OCH3 is 1. The lowest BCUT2D eigenvalue weighted by atomic mass is 9.83. The third-order valence-electron chi connectivity index (χ3n) is 9.46. The van der Waals surface area contributed by atoms with E-state index in [9.17, 15) is 26.4 Å². The number of hydrogen-bond acceptors (Lipinski definition) is 6. The standard InChI is InChI=1S/C32H41F4N3O4S/c1-30(2,3)39-20-27(23-5-8-25(43-4)9-6-23)31(33,21-39)29(40)38-13-11-22(12-14-38)26-10-7-24(32(34,35)36)19-28(26)37-15-17-44(41,42)18-16-37/h5-10,19,22,27H,11-18,20-21H2,1-4H3/t27-,31-/m0/s1. The molecule has 0 saturated carbocycles. The van der Waals surface area contributed by atoms with Crippen molar-refractivity contribution in [2.75, 3.05) is 62.8 Å². The van der Waals surface area contributed by atoms with Crippen molar-refractivity contribution in [3.63, 3.8) is 0 Å². The highest BCUT2D eigenvalue weighted by molar-refractivity contribution is 7.91. The van der Waals surface area contributed by atoms with Gasteiger partial charge in [-0.2, -0.15) is 13.2 Å². The van der Waals surface area contributed by atoms with Crippen LogP contribution in [0.5, 0.6) is 5.75 Å². The van der Waals surface area contributed by atoms with Gasteiger partial charge >= 0.3 is 6.18 Å². The minimum atomic E-state index is -4.54. The second kappa shape index (κ2) is 11.8. The molecule has 7 nitrogen and oxygen atoms in total. The Morgan fingerprint density at radius 1 is 0.955 bits per heavy atom. The summed E-state index contributed by atoms with van der Waals surface area (Å²) in [6.45, 7) is 7.13. The minimum Gasteiger partial charge on any atom is -0.497 e. The highest BCUT2D eigenvalue weighted by atomic mass is 32.2. The SMILES string of the molecule is COc1ccc([C@@H]2CN(C(C)(C)C)C[C@@]2(F)C(=O)N2CCC(c3ccc(C(F)(F)F)cc3N3CCS(=O)(=O)CC3)CC2)cc1. The van der Waals surface area contributed by atoms with Gasteiger partial charge in [0.05, 0.1) is 24.2 Å². The first-order valence-corrected chi connectivity index (χ1v) is 16.9. The highest BCUT2D eigenvalue weighted by Gasteiger charge is 2.57. The number of benzene rings is 2. The first-order valence-electron chi connectivity index (χ1n) is 15.1. The van der Waals surface area contributed by atoms with Crippen molar-refractivity contribution in [3.05, 3.63) is 59.2 Å². The van der Waals surface area contributed by atoms with E-state index in [0.717, 1.165) is 17.7 Å². The average molecular weight is 640 g/mol. The molecule has 44 heavy (non-hydrogen) atoms. The molecule has 0 aliphatic carbocycles. The molecule has 0 N–H and O–H groups in total. The summed E-state index contributed by atoms with van der Waals surface area (Å²) in [5.41, 5.74) is -1.47. The molecule has 2 atom stereocenters. The van der Waals surface area contributed by atoms with Crippen LogP contribution in [-0.4, -0.2) is 93.2 Å². The van der Waals surface area contributed by atoms with Crippen LogP contribution in [-0.2, 0) is 20.8 Å². The predicted molar refractivity (Wildman–Crippen MR) is 162 cm³/mol. The van der Waals surface area contributed by atoms with Gasteiger partial charge in [-0.25, -0.2) is 12.8 Å². The lowest BCUT2D eigenvalue weighted by molar-refractivity contribution is -0.145. The Hall–Kier alpha value is -2.86. The van der Waals surface area contributed by atoms with E-state index in [1.54, 1.807) is 29.0 Å². The van der Waals surface area contributed by atoms with Gasteiger partial charge in [0.15, 0.2) is 9.84 Å². The molecule has 1 amide bonds. The topological polar surface area (TPSA) is 70.2 Å². The van der Waals surface area contributed by atoms with Crippen molar-refractivity contribution in [1.82, 2.24) is 9.80 Å². The quantitative estimate of drug-likeness (QED) is 0.416. The fourth-order valence-electron chi connectivity index (χ4n) is 6.70. The van der Waals surface area contributed by atoms with E-state index in [2.05, 4.69) is 0 Å². The zero-order valence-electron chi connectivity index (χ0n) is 25.7. The van der Waals surface area contributed by atoms with E-state index in [-0.39, 0.29) is 55.7 Å². The molecule has 0 aromatic heterocycles. The fourth-order valence-corrected chi connectivity index (χ4v) is 7.90. The molecule has 3 aliphatic heterocycles. The number of carbonyl (C=O) groups is 1. The zero-order chi connectivity index (χ0) is 32.1. The van der Waals surface area contributed by atoms with E-state index in [1.165, 1.54) is 6.07 Å². The summed E-state index contributed by atoms with van der Waals surface area (Å²) in [4.78, 5) is 19.3. The maximum absolute atomic E-state index is 17.1. The van der Waals surface area contributed by atoms with Crippen LogP contribution in [0.2, 0.25) is 0 Å². The van der Waals surface area contributed by atoms with E-state index in [4.69, 9.17) is 4.74 Å². The van der Waals surface area contributed by atoms with Gasteiger partial charge < -0.3 is 14.5 Å². The smallest absolute Gasteiger partial charge is 0.416 e. The summed E-state index contributed by atoms with van der Waals surface area (Å²) in [7, 11) is -1.67. The normalized spacial score (nSPS) is 25.3. The molecule has 0 unspecified atom stereocenters. The number of sulfone groups is 1. The summed E-state index contributed by atoms with van der Waals surface area (Å²) in [6, 6.07) is 10.8. The van der Waals surface area contributed by atoms with Gasteiger partial charge in [0, 0.05) is 56.4 Å². The van der Waals surface area contributed by atoms with Gasteiger partial charge in [0.2, 0.25) is 5.67 Å². The first-order chi connectivity index (χ1) is 20.5. The number of likely N-dealkylation sites (tertiary alicyclic amines) is 2. The summed E-state index contributed by atoms with van der Waals surface area (Å²) in [6.07, 6.45) is -3.62. The molecule has 3 aliphatic rings. The Morgan fingerprint density at radius 2 is 1.57 bits per heavy atom. The van der Waals surface area contributed by atoms with E-state index in [0.29, 0.717) is 36.4 Å². The number of ether oxygens (including phenoxy) is 1. The molecule has 3 saturated heterocycles. The Balaban J connectivity index is 1.36. The Bertz CT molecular complexity index is 1450. The van der Waals surface area contributed by atoms with Crippen LogP contribution in [0.4, 0.5) is 23.2 Å². The third-order valence-corrected chi connectivity index (χ3v) is 11.1. The molecule has 242 valence electrons. The van der Waals surface area contributed by atoms with Crippen molar-refractivity contribution < 1.29 is 35.5 Å². The maximum atomic E-state index is 17.1. The van der Waals surface area contributed by atoms with Crippen LogP contribution < -0.4 is 9.64 Å². The Morgan fingerprint density at radius 3 is 2.11 bits per heavy atom. The number of nitrogens with zero attached hydrogens (tertiary/aromatic N) is 3. The lowest BCUT2D eigenvalue weighted by Crippen LogP contribution is -2.53. The van der Waals surface area contributed by atoms with Crippen LogP contribution in [0.25, 0.3) is 0 Å². The number of rotatable bonds is 5. The number of carbonyl (C=O) groups excluding carboxylic acids is 1. The average Bonchev–Trinajstić information content (AvgIpc) is 3.35. The van der Waals surface area contributed by atoms with Gasteiger partial charge in [-0.1, -0.05) is 18.2 Å². The minimum absolute atomic E-state index is 0.0348. The van der Waals surface area contributed by atoms with Crippen LogP contribution in [0.3, 0.4) is 0 Å². The van der Waals surface area contributed by atoms with Gasteiger partial charge in [-0.05, 0) is 74.9 Å². The molecule has 5 rings (SSSR count). The zero-order valence-corrected chi connectivity index (χ0v) is 26.5. The van der Waals surface area contributed by atoms with Crippen molar-refractivity contribution >= 4 is 21.4 Å². The number of hydrogen-bond donors (Lipinski definition) is 0. The first kappa shape index (κ1) is 32.5. The summed E-state index contributed by atoms with van der Waals surface area (Å²) >= 11 is 0. The molecule has 0 radical (unpaired) electrons. The van der Waals surface area contributed by atoms with Crippen molar-refractivity contribution in [3.8, 4) is 5.75 Å². The summed E-state index contributed by atoms with van der Waals surface area (Å²) in [5.74, 6) is -0.972. The van der Waals surface area contributed by atoms with E-state index >= 15 is 4.39 Å². The van der Waals surface area contributed by atoms with Crippen LogP contribution in [0.15, 0.2) is 42.5 Å². The third kappa shape index (κ3) is 6.56. The molecule has 12 heteroatoms. The van der Waals surface area contributed by atoms with E-state index < -0.39 is 39.1 Å². The predicted octanol–water partition coefficient (Wildman–Crippen LogP) is 5.26. The molecule has 0 spiro atoms. The van der Waals surface area contributed by atoms with Crippen LogP contribution in [0.1, 0.15) is 62.1 Å². The van der Waals surface area contributed by atoms with Gasteiger partial charge in [-0.15, -0.1) is 0 Å². The molecule has 3 fully saturated rings. The van der Waals surface area contributed by atoms with Crippen molar-refractivity contribution in [2.24, 2.45) is 0 Å². The van der Waals surface area contributed by atoms with Gasteiger partial charge in [-0.3, -0.25) is 9.69 Å². The maximum Gasteiger partial charge on any atom is 0.416 e. The van der Waals surface area contributed by atoms with Gasteiger partial charge in [0.1, 0.15) is 5.75 Å².